The summed E-state index contributed by atoms with van der Waals surface area (Å²) in [4.78, 5) is 20.1. The van der Waals surface area contributed by atoms with Gasteiger partial charge in [-0.25, -0.2) is 8.42 Å². The van der Waals surface area contributed by atoms with Crippen molar-refractivity contribution in [1.82, 2.24) is 9.79 Å². The van der Waals surface area contributed by atoms with Crippen molar-refractivity contribution in [2.24, 2.45) is 0 Å². The average molecular weight is 284 g/mol. The van der Waals surface area contributed by atoms with Gasteiger partial charge in [-0.2, -0.15) is 0 Å². The summed E-state index contributed by atoms with van der Waals surface area (Å²) in [6.07, 6.45) is 2.07. The van der Waals surface area contributed by atoms with E-state index in [-0.39, 0.29) is 10.8 Å². The molecule has 1 aromatic rings. The Labute approximate surface area is 112 Å². The van der Waals surface area contributed by atoms with Crippen LogP contribution in [0.4, 0.5) is 0 Å². The van der Waals surface area contributed by atoms with Gasteiger partial charge in [-0.1, -0.05) is 4.89 Å². The highest BCUT2D eigenvalue weighted by molar-refractivity contribution is 7.89. The van der Waals surface area contributed by atoms with Crippen molar-refractivity contribution >= 4 is 15.9 Å². The molecule has 0 aliphatic heterocycles. The molecule has 1 aliphatic rings. The first kappa shape index (κ1) is 14.0. The minimum Gasteiger partial charge on any atom is -0.339 e. The summed E-state index contributed by atoms with van der Waals surface area (Å²) in [6, 6.07) is 6.10. The second-order valence-corrected chi connectivity index (χ2v) is 6.11. The molecule has 0 bridgehead atoms. The largest absolute Gasteiger partial charge is 0.339 e. The van der Waals surface area contributed by atoms with Crippen LogP contribution in [0, 0.1) is 0 Å². The third-order valence-electron chi connectivity index (χ3n) is 3.02. The molecular weight excluding hydrogens is 268 g/mol. The van der Waals surface area contributed by atoms with Crippen molar-refractivity contribution in [3.8, 4) is 0 Å². The quantitative estimate of drug-likeness (QED) is 0.810. The normalized spacial score (nSPS) is 15.3. The van der Waals surface area contributed by atoms with Gasteiger partial charge in [0.05, 0.1) is 12.0 Å². The van der Waals surface area contributed by atoms with E-state index in [1.165, 1.54) is 31.4 Å². The van der Waals surface area contributed by atoms with Gasteiger partial charge in [-0.05, 0) is 37.1 Å². The monoisotopic (exact) mass is 284 g/mol. The van der Waals surface area contributed by atoms with Crippen LogP contribution >= 0.6 is 0 Å². The predicted octanol–water partition coefficient (Wildman–Crippen LogP) is 0.761. The number of benzene rings is 1. The van der Waals surface area contributed by atoms with E-state index in [2.05, 4.69) is 4.84 Å². The Kier molecular flexibility index (Phi) is 3.88. The lowest BCUT2D eigenvalue weighted by molar-refractivity contribution is 0.0785. The van der Waals surface area contributed by atoms with Crippen LogP contribution in [0.3, 0.4) is 0 Å². The van der Waals surface area contributed by atoms with Crippen molar-refractivity contribution < 1.29 is 18.0 Å². The summed E-state index contributed by atoms with van der Waals surface area (Å²) in [7, 11) is -0.691. The molecule has 0 heterocycles. The van der Waals surface area contributed by atoms with Gasteiger partial charge >= 0.3 is 0 Å². The zero-order chi connectivity index (χ0) is 14.0. The Morgan fingerprint density at radius 3 is 2.37 bits per heavy atom. The highest BCUT2D eigenvalue weighted by Gasteiger charge is 2.30. The number of amides is 1. The Balaban J connectivity index is 2.16. The smallest absolute Gasteiger partial charge is 0.262 e. The number of hydrogen-bond acceptors (Lipinski definition) is 4. The van der Waals surface area contributed by atoms with Gasteiger partial charge in [0.1, 0.15) is 0 Å². The molecule has 1 saturated carbocycles. The molecular formula is C12H16N2O4S. The van der Waals surface area contributed by atoms with Gasteiger partial charge < -0.3 is 4.90 Å². The van der Waals surface area contributed by atoms with Crippen LogP contribution in [0.2, 0.25) is 0 Å². The SMILES string of the molecule is CONS(=O)(=O)c1ccc(C(=O)N(C)C2CC2)cc1. The molecule has 1 aliphatic carbocycles. The number of sulfonamides is 1. The first-order valence-electron chi connectivity index (χ1n) is 5.87. The van der Waals surface area contributed by atoms with Gasteiger partial charge in [-0.15, -0.1) is 0 Å². The van der Waals surface area contributed by atoms with Crippen LogP contribution in [0.5, 0.6) is 0 Å². The van der Waals surface area contributed by atoms with E-state index in [9.17, 15) is 13.2 Å². The summed E-state index contributed by atoms with van der Waals surface area (Å²) in [6.45, 7) is 0. The summed E-state index contributed by atoms with van der Waals surface area (Å²) in [5.74, 6) is -0.0915. The molecule has 0 radical (unpaired) electrons. The minimum absolute atomic E-state index is 0.0555. The second kappa shape index (κ2) is 5.28. The molecule has 104 valence electrons. The Morgan fingerprint density at radius 1 is 1.32 bits per heavy atom. The number of nitrogens with one attached hydrogen (secondary N) is 1. The van der Waals surface area contributed by atoms with Crippen molar-refractivity contribution in [2.45, 2.75) is 23.8 Å². The fourth-order valence-electron chi connectivity index (χ4n) is 1.77. The van der Waals surface area contributed by atoms with Gasteiger partial charge in [0.15, 0.2) is 0 Å². The van der Waals surface area contributed by atoms with Crippen molar-refractivity contribution in [3.05, 3.63) is 29.8 Å². The molecule has 6 nitrogen and oxygen atoms in total. The van der Waals surface area contributed by atoms with E-state index in [0.29, 0.717) is 11.6 Å². The molecule has 19 heavy (non-hydrogen) atoms. The number of hydrogen-bond donors (Lipinski definition) is 1. The lowest BCUT2D eigenvalue weighted by Crippen LogP contribution is -2.28. The summed E-state index contributed by atoms with van der Waals surface area (Å²) in [5.41, 5.74) is 0.478. The molecule has 0 atom stereocenters. The van der Waals surface area contributed by atoms with Crippen LogP contribution in [0.25, 0.3) is 0 Å². The van der Waals surface area contributed by atoms with E-state index >= 15 is 0 Å². The topological polar surface area (TPSA) is 75.7 Å². The van der Waals surface area contributed by atoms with E-state index in [1.807, 2.05) is 4.89 Å². The molecule has 0 spiro atoms. The number of carbonyl (C=O) groups is 1. The fourth-order valence-corrected chi connectivity index (χ4v) is 2.58. The summed E-state index contributed by atoms with van der Waals surface area (Å²) in [5, 5.41) is 0. The Bertz CT molecular complexity index is 564. The van der Waals surface area contributed by atoms with Crippen LogP contribution < -0.4 is 4.89 Å². The van der Waals surface area contributed by atoms with Gasteiger partial charge in [-0.3, -0.25) is 9.63 Å². The number of carbonyl (C=O) groups excluding carboxylic acids is 1. The highest BCUT2D eigenvalue weighted by atomic mass is 32.2. The molecule has 0 aromatic heterocycles. The molecule has 2 rings (SSSR count). The molecule has 1 N–H and O–H groups in total. The van der Waals surface area contributed by atoms with Gasteiger partial charge in [0.25, 0.3) is 15.9 Å². The van der Waals surface area contributed by atoms with Crippen molar-refractivity contribution in [3.63, 3.8) is 0 Å². The molecule has 7 heteroatoms. The zero-order valence-electron chi connectivity index (χ0n) is 10.8. The first-order chi connectivity index (χ1) is 8.95. The third-order valence-corrected chi connectivity index (χ3v) is 4.30. The fraction of sp³-hybridized carbons (Fsp3) is 0.417. The Morgan fingerprint density at radius 2 is 1.89 bits per heavy atom. The van der Waals surface area contributed by atoms with Crippen molar-refractivity contribution in [1.29, 1.82) is 0 Å². The third kappa shape index (κ3) is 3.12. The Hall–Kier alpha value is -1.44. The van der Waals surface area contributed by atoms with E-state index in [1.54, 1.807) is 11.9 Å². The van der Waals surface area contributed by atoms with Crippen LogP contribution in [-0.2, 0) is 14.9 Å². The molecule has 1 fully saturated rings. The van der Waals surface area contributed by atoms with Crippen LogP contribution in [-0.4, -0.2) is 39.4 Å². The van der Waals surface area contributed by atoms with E-state index < -0.39 is 10.0 Å². The van der Waals surface area contributed by atoms with E-state index in [0.717, 1.165) is 12.8 Å². The highest BCUT2D eigenvalue weighted by Crippen LogP contribution is 2.26. The summed E-state index contributed by atoms with van der Waals surface area (Å²) >= 11 is 0. The van der Waals surface area contributed by atoms with Gasteiger partial charge in [0, 0.05) is 18.7 Å². The predicted molar refractivity (Wildman–Crippen MR) is 68.9 cm³/mol. The maximum absolute atomic E-state index is 12.0. The number of rotatable bonds is 5. The lowest BCUT2D eigenvalue weighted by Gasteiger charge is -2.16. The lowest BCUT2D eigenvalue weighted by atomic mass is 10.2. The minimum atomic E-state index is -3.67. The zero-order valence-corrected chi connectivity index (χ0v) is 11.6. The van der Waals surface area contributed by atoms with Crippen LogP contribution in [0.15, 0.2) is 29.2 Å². The van der Waals surface area contributed by atoms with Crippen molar-refractivity contribution in [2.75, 3.05) is 14.2 Å². The molecule has 0 saturated heterocycles. The molecule has 1 aromatic carbocycles. The standard InChI is InChI=1S/C12H16N2O4S/c1-14(10-5-6-10)12(15)9-3-7-11(8-4-9)19(16,17)13-18-2/h3-4,7-8,10,13H,5-6H2,1-2H3. The molecule has 1 amide bonds. The first-order valence-corrected chi connectivity index (χ1v) is 7.36. The maximum atomic E-state index is 12.0. The van der Waals surface area contributed by atoms with Crippen LogP contribution in [0.1, 0.15) is 23.2 Å². The number of nitrogens with zero attached hydrogens (tertiary/aromatic N) is 1. The maximum Gasteiger partial charge on any atom is 0.262 e. The molecule has 0 unspecified atom stereocenters. The summed E-state index contributed by atoms with van der Waals surface area (Å²) < 4.78 is 23.3. The second-order valence-electron chi connectivity index (χ2n) is 4.46. The van der Waals surface area contributed by atoms with E-state index in [4.69, 9.17) is 0 Å². The average Bonchev–Trinajstić information content (AvgIpc) is 3.21. The van der Waals surface area contributed by atoms with Gasteiger partial charge in [0.2, 0.25) is 0 Å².